The van der Waals surface area contributed by atoms with Crippen LogP contribution in [0.1, 0.15) is 27.2 Å². The van der Waals surface area contributed by atoms with Crippen LogP contribution in [0, 0.1) is 0 Å². The minimum absolute atomic E-state index is 0.160. The molecule has 108 valence electrons. The average Bonchev–Trinajstić information content (AvgIpc) is 2.39. The molecule has 0 saturated heterocycles. The first-order chi connectivity index (χ1) is 9.14. The maximum absolute atomic E-state index is 5.95. The van der Waals surface area contributed by atoms with Gasteiger partial charge in [-0.3, -0.25) is 0 Å². The van der Waals surface area contributed by atoms with Gasteiger partial charge in [0.2, 0.25) is 17.2 Å². The molecule has 1 unspecified atom stereocenters. The largest absolute Gasteiger partial charge is 0.383 e. The number of nitrogens with zero attached hydrogens (tertiary/aromatic N) is 4. The van der Waals surface area contributed by atoms with Crippen LogP contribution in [-0.4, -0.2) is 47.8 Å². The minimum atomic E-state index is 0.160. The highest BCUT2D eigenvalue weighted by Crippen LogP contribution is 2.14. The van der Waals surface area contributed by atoms with Gasteiger partial charge in [0, 0.05) is 20.2 Å². The summed E-state index contributed by atoms with van der Waals surface area (Å²) in [5, 5.41) is 3.42. The van der Waals surface area contributed by atoms with E-state index in [2.05, 4.69) is 27.2 Å². The lowest BCUT2D eigenvalue weighted by atomic mass is 10.2. The Kier molecular flexibility index (Phi) is 6.80. The van der Waals surface area contributed by atoms with Crippen molar-refractivity contribution < 1.29 is 4.74 Å². The zero-order chi connectivity index (χ0) is 14.3. The Bertz CT molecular complexity index is 386. The van der Waals surface area contributed by atoms with Gasteiger partial charge in [0.1, 0.15) is 0 Å². The van der Waals surface area contributed by atoms with E-state index in [1.165, 1.54) is 0 Å². The van der Waals surface area contributed by atoms with Gasteiger partial charge >= 0.3 is 0 Å². The summed E-state index contributed by atoms with van der Waals surface area (Å²) in [6.07, 6.45) is 0.914. The van der Waals surface area contributed by atoms with Gasteiger partial charge in [-0.2, -0.15) is 15.0 Å². The lowest BCUT2D eigenvalue weighted by Gasteiger charge is -2.20. The van der Waals surface area contributed by atoms with Crippen molar-refractivity contribution in [1.29, 1.82) is 0 Å². The Morgan fingerprint density at radius 3 is 2.42 bits per heavy atom. The fourth-order valence-corrected chi connectivity index (χ4v) is 1.85. The molecule has 0 fully saturated rings. The van der Waals surface area contributed by atoms with Crippen LogP contribution >= 0.6 is 11.6 Å². The lowest BCUT2D eigenvalue weighted by molar-refractivity contribution is 0.184. The Labute approximate surface area is 119 Å². The van der Waals surface area contributed by atoms with E-state index >= 15 is 0 Å². The summed E-state index contributed by atoms with van der Waals surface area (Å²) < 4.78 is 5.14. The smallest absolute Gasteiger partial charge is 0.231 e. The summed E-state index contributed by atoms with van der Waals surface area (Å²) in [7, 11) is 1.67. The maximum Gasteiger partial charge on any atom is 0.231 e. The van der Waals surface area contributed by atoms with E-state index in [1.54, 1.807) is 7.11 Å². The number of halogens is 1. The van der Waals surface area contributed by atoms with Crippen molar-refractivity contribution in [3.63, 3.8) is 0 Å². The summed E-state index contributed by atoms with van der Waals surface area (Å²) in [6.45, 7) is 8.42. The second kappa shape index (κ2) is 8.12. The van der Waals surface area contributed by atoms with E-state index in [4.69, 9.17) is 16.3 Å². The summed E-state index contributed by atoms with van der Waals surface area (Å²) in [6, 6.07) is 0.160. The highest BCUT2D eigenvalue weighted by atomic mass is 35.5. The van der Waals surface area contributed by atoms with Gasteiger partial charge in [-0.25, -0.2) is 0 Å². The molecule has 1 N–H and O–H groups in total. The van der Waals surface area contributed by atoms with Crippen LogP contribution < -0.4 is 10.2 Å². The first-order valence-corrected chi connectivity index (χ1v) is 6.94. The van der Waals surface area contributed by atoms with Gasteiger partial charge in [0.05, 0.1) is 12.6 Å². The predicted molar refractivity (Wildman–Crippen MR) is 78.0 cm³/mol. The van der Waals surface area contributed by atoms with Crippen LogP contribution in [-0.2, 0) is 4.74 Å². The van der Waals surface area contributed by atoms with Gasteiger partial charge in [0.15, 0.2) is 0 Å². The molecule has 6 nitrogen and oxygen atoms in total. The van der Waals surface area contributed by atoms with Crippen molar-refractivity contribution in [2.45, 2.75) is 33.2 Å². The first-order valence-electron chi connectivity index (χ1n) is 6.56. The van der Waals surface area contributed by atoms with Crippen LogP contribution in [0.2, 0.25) is 5.28 Å². The number of methoxy groups -OCH3 is 1. The van der Waals surface area contributed by atoms with Crippen LogP contribution in [0.15, 0.2) is 0 Å². The second-order valence-electron chi connectivity index (χ2n) is 4.11. The number of rotatable bonds is 8. The molecular formula is C12H22ClN5O. The molecule has 0 radical (unpaired) electrons. The third-order valence-electron chi connectivity index (χ3n) is 2.84. The maximum atomic E-state index is 5.95. The molecule has 0 aliphatic carbocycles. The van der Waals surface area contributed by atoms with E-state index in [0.29, 0.717) is 18.5 Å². The van der Waals surface area contributed by atoms with Crippen LogP contribution in [0.25, 0.3) is 0 Å². The van der Waals surface area contributed by atoms with Crippen LogP contribution in [0.5, 0.6) is 0 Å². The molecule has 1 aromatic rings. The topological polar surface area (TPSA) is 63.2 Å². The highest BCUT2D eigenvalue weighted by molar-refractivity contribution is 6.28. The van der Waals surface area contributed by atoms with Crippen molar-refractivity contribution in [2.24, 2.45) is 0 Å². The zero-order valence-electron chi connectivity index (χ0n) is 12.0. The monoisotopic (exact) mass is 287 g/mol. The number of hydrogen-bond acceptors (Lipinski definition) is 6. The highest BCUT2D eigenvalue weighted by Gasteiger charge is 2.13. The number of aromatic nitrogens is 3. The van der Waals surface area contributed by atoms with Crippen molar-refractivity contribution in [1.82, 2.24) is 15.0 Å². The Hall–Kier alpha value is -1.14. The third kappa shape index (κ3) is 4.80. The zero-order valence-corrected chi connectivity index (χ0v) is 12.7. The van der Waals surface area contributed by atoms with Crippen molar-refractivity contribution in [3.8, 4) is 0 Å². The molecular weight excluding hydrogens is 266 g/mol. The summed E-state index contributed by atoms with van der Waals surface area (Å²) in [4.78, 5) is 14.7. The molecule has 1 rings (SSSR count). The fourth-order valence-electron chi connectivity index (χ4n) is 1.70. The number of nitrogens with one attached hydrogen (secondary N) is 1. The standard InChI is InChI=1S/C12H22ClN5O/c1-5-9(8-19-4)14-11-15-10(13)16-12(17-11)18(6-2)7-3/h9H,5-8H2,1-4H3,(H,14,15,16,17). The summed E-state index contributed by atoms with van der Waals surface area (Å²) >= 11 is 5.95. The Balaban J connectivity index is 2.89. The Morgan fingerprint density at radius 1 is 1.21 bits per heavy atom. The van der Waals surface area contributed by atoms with E-state index in [1.807, 2.05) is 18.7 Å². The molecule has 1 heterocycles. The molecule has 1 aromatic heterocycles. The van der Waals surface area contributed by atoms with Crippen molar-refractivity contribution in [2.75, 3.05) is 37.0 Å². The molecule has 0 aliphatic heterocycles. The molecule has 0 aliphatic rings. The van der Waals surface area contributed by atoms with Gasteiger partial charge in [-0.1, -0.05) is 6.92 Å². The molecule has 0 bridgehead atoms. The fraction of sp³-hybridized carbons (Fsp3) is 0.750. The van der Waals surface area contributed by atoms with Crippen LogP contribution in [0.3, 0.4) is 0 Å². The summed E-state index contributed by atoms with van der Waals surface area (Å²) in [5.41, 5.74) is 0. The van der Waals surface area contributed by atoms with E-state index in [9.17, 15) is 0 Å². The number of ether oxygens (including phenoxy) is 1. The van der Waals surface area contributed by atoms with Crippen LogP contribution in [0.4, 0.5) is 11.9 Å². The van der Waals surface area contributed by atoms with Gasteiger partial charge in [-0.15, -0.1) is 0 Å². The SMILES string of the molecule is CCC(COC)Nc1nc(Cl)nc(N(CC)CC)n1. The lowest BCUT2D eigenvalue weighted by Crippen LogP contribution is -2.28. The minimum Gasteiger partial charge on any atom is -0.383 e. The number of anilines is 2. The average molecular weight is 288 g/mol. The number of hydrogen-bond donors (Lipinski definition) is 1. The molecule has 19 heavy (non-hydrogen) atoms. The summed E-state index contributed by atoms with van der Waals surface area (Å²) in [5.74, 6) is 1.09. The van der Waals surface area contributed by atoms with Crippen molar-refractivity contribution in [3.05, 3.63) is 5.28 Å². The molecule has 0 amide bonds. The molecule has 1 atom stereocenters. The van der Waals surface area contributed by atoms with E-state index in [0.717, 1.165) is 19.5 Å². The third-order valence-corrected chi connectivity index (χ3v) is 3.01. The van der Waals surface area contributed by atoms with Gasteiger partial charge in [0.25, 0.3) is 0 Å². The van der Waals surface area contributed by atoms with Gasteiger partial charge < -0.3 is 15.0 Å². The van der Waals surface area contributed by atoms with E-state index in [-0.39, 0.29) is 11.3 Å². The van der Waals surface area contributed by atoms with Crippen molar-refractivity contribution >= 4 is 23.5 Å². The molecule has 0 spiro atoms. The molecule has 0 saturated carbocycles. The molecule has 7 heteroatoms. The van der Waals surface area contributed by atoms with E-state index < -0.39 is 0 Å². The van der Waals surface area contributed by atoms with Gasteiger partial charge in [-0.05, 0) is 31.9 Å². The predicted octanol–water partition coefficient (Wildman–Crippen LogP) is 2.21. The Morgan fingerprint density at radius 2 is 1.89 bits per heavy atom. The second-order valence-corrected chi connectivity index (χ2v) is 4.44. The normalized spacial score (nSPS) is 12.3. The molecule has 0 aromatic carbocycles. The first kappa shape index (κ1) is 15.9. The quantitative estimate of drug-likeness (QED) is 0.791.